The maximum atomic E-state index is 11.7. The monoisotopic (exact) mass is 274 g/mol. The third kappa shape index (κ3) is 5.14. The summed E-state index contributed by atoms with van der Waals surface area (Å²) < 4.78 is 38.0. The number of methoxy groups -OCH3 is 1. The molecule has 0 aromatic heterocycles. The topological polar surface area (TPSA) is 61.8 Å². The van der Waals surface area contributed by atoms with Crippen LogP contribution in [0.25, 0.3) is 0 Å². The first-order valence-electron chi connectivity index (χ1n) is 5.59. The predicted octanol–water partition coefficient (Wildman–Crippen LogP) is 1.71. The maximum absolute atomic E-state index is 11.7. The molecule has 0 atom stereocenters. The lowest BCUT2D eigenvalue weighted by Gasteiger charge is -2.06. The maximum Gasteiger partial charge on any atom is 0.299 e. The Morgan fingerprint density at radius 1 is 1.11 bits per heavy atom. The van der Waals surface area contributed by atoms with Crippen molar-refractivity contribution >= 4 is 10.1 Å². The van der Waals surface area contributed by atoms with E-state index in [1.165, 1.54) is 12.1 Å². The standard InChI is InChI=1S/C12H18O5S/c1-11-4-6-12(7-5-11)18(13,14)17-10-16-9-3-8-15-2/h4-7H,3,8-10H2,1-2H3. The van der Waals surface area contributed by atoms with Crippen LogP contribution in [0, 0.1) is 6.92 Å². The number of benzene rings is 1. The number of hydrogen-bond acceptors (Lipinski definition) is 5. The van der Waals surface area contributed by atoms with E-state index in [1.54, 1.807) is 19.2 Å². The molecule has 0 radical (unpaired) electrons. The van der Waals surface area contributed by atoms with Crippen molar-refractivity contribution in [2.75, 3.05) is 27.1 Å². The van der Waals surface area contributed by atoms with E-state index in [-0.39, 0.29) is 11.7 Å². The van der Waals surface area contributed by atoms with E-state index in [2.05, 4.69) is 0 Å². The van der Waals surface area contributed by atoms with Gasteiger partial charge in [-0.1, -0.05) is 17.7 Å². The molecule has 0 aliphatic rings. The molecule has 0 unspecified atom stereocenters. The molecule has 0 saturated carbocycles. The molecule has 18 heavy (non-hydrogen) atoms. The average molecular weight is 274 g/mol. The Labute approximate surface area is 108 Å². The van der Waals surface area contributed by atoms with E-state index in [0.29, 0.717) is 19.6 Å². The molecular formula is C12H18O5S. The van der Waals surface area contributed by atoms with Crippen molar-refractivity contribution in [1.29, 1.82) is 0 Å². The van der Waals surface area contributed by atoms with Gasteiger partial charge in [0.25, 0.3) is 10.1 Å². The number of hydrogen-bond donors (Lipinski definition) is 0. The fourth-order valence-electron chi connectivity index (χ4n) is 1.23. The fourth-order valence-corrected chi connectivity index (χ4v) is 2.03. The largest absolute Gasteiger partial charge is 0.385 e. The number of rotatable bonds is 8. The highest BCUT2D eigenvalue weighted by atomic mass is 32.2. The smallest absolute Gasteiger partial charge is 0.299 e. The summed E-state index contributed by atoms with van der Waals surface area (Å²) in [5.41, 5.74) is 0.991. The van der Waals surface area contributed by atoms with Crippen molar-refractivity contribution in [1.82, 2.24) is 0 Å². The Morgan fingerprint density at radius 2 is 1.78 bits per heavy atom. The molecule has 5 nitrogen and oxygen atoms in total. The molecule has 0 saturated heterocycles. The van der Waals surface area contributed by atoms with Crippen molar-refractivity contribution in [2.45, 2.75) is 18.2 Å². The second-order valence-electron chi connectivity index (χ2n) is 3.76. The van der Waals surface area contributed by atoms with Crippen LogP contribution in [-0.4, -0.2) is 35.5 Å². The van der Waals surface area contributed by atoms with Crippen LogP contribution < -0.4 is 0 Å². The molecule has 0 aliphatic heterocycles. The van der Waals surface area contributed by atoms with Gasteiger partial charge in [0.15, 0.2) is 6.79 Å². The number of aryl methyl sites for hydroxylation is 1. The first-order valence-corrected chi connectivity index (χ1v) is 7.00. The zero-order chi connectivity index (χ0) is 13.4. The van der Waals surface area contributed by atoms with Crippen LogP contribution in [-0.2, 0) is 23.8 Å². The lowest BCUT2D eigenvalue weighted by Crippen LogP contribution is -2.11. The Morgan fingerprint density at radius 3 is 2.39 bits per heavy atom. The zero-order valence-electron chi connectivity index (χ0n) is 10.6. The Hall–Kier alpha value is -0.950. The van der Waals surface area contributed by atoms with Crippen molar-refractivity contribution in [2.24, 2.45) is 0 Å². The minimum absolute atomic E-state index is 0.133. The SMILES string of the molecule is COCCCOCOS(=O)(=O)c1ccc(C)cc1. The highest BCUT2D eigenvalue weighted by molar-refractivity contribution is 7.86. The van der Waals surface area contributed by atoms with Gasteiger partial charge in [0.1, 0.15) is 0 Å². The first kappa shape index (κ1) is 15.1. The van der Waals surface area contributed by atoms with Gasteiger partial charge in [0, 0.05) is 13.7 Å². The van der Waals surface area contributed by atoms with Gasteiger partial charge in [-0.15, -0.1) is 0 Å². The van der Waals surface area contributed by atoms with E-state index in [1.807, 2.05) is 6.92 Å². The van der Waals surface area contributed by atoms with Gasteiger partial charge < -0.3 is 9.47 Å². The van der Waals surface area contributed by atoms with Gasteiger partial charge in [-0.2, -0.15) is 8.42 Å². The minimum atomic E-state index is -3.73. The molecule has 6 heteroatoms. The minimum Gasteiger partial charge on any atom is -0.385 e. The molecule has 0 spiro atoms. The lowest BCUT2D eigenvalue weighted by atomic mass is 10.2. The average Bonchev–Trinajstić information content (AvgIpc) is 2.34. The first-order chi connectivity index (χ1) is 8.56. The Kier molecular flexibility index (Phi) is 6.28. The quantitative estimate of drug-likeness (QED) is 0.410. The van der Waals surface area contributed by atoms with Gasteiger partial charge in [-0.3, -0.25) is 0 Å². The summed E-state index contributed by atoms with van der Waals surface area (Å²) in [4.78, 5) is 0.133. The van der Waals surface area contributed by atoms with Crippen LogP contribution >= 0.6 is 0 Å². The molecule has 0 heterocycles. The van der Waals surface area contributed by atoms with Gasteiger partial charge in [-0.25, -0.2) is 4.18 Å². The van der Waals surface area contributed by atoms with E-state index in [0.717, 1.165) is 5.56 Å². The van der Waals surface area contributed by atoms with Gasteiger partial charge in [-0.05, 0) is 25.5 Å². The highest BCUT2D eigenvalue weighted by Crippen LogP contribution is 2.12. The van der Waals surface area contributed by atoms with Gasteiger partial charge >= 0.3 is 0 Å². The summed E-state index contributed by atoms with van der Waals surface area (Å²) in [6.45, 7) is 2.58. The number of ether oxygens (including phenoxy) is 2. The van der Waals surface area contributed by atoms with Crippen LogP contribution in [0.1, 0.15) is 12.0 Å². The van der Waals surface area contributed by atoms with Crippen molar-refractivity contribution in [3.05, 3.63) is 29.8 Å². The second-order valence-corrected chi connectivity index (χ2v) is 5.37. The fraction of sp³-hybridized carbons (Fsp3) is 0.500. The molecule has 0 bridgehead atoms. The van der Waals surface area contributed by atoms with E-state index < -0.39 is 10.1 Å². The van der Waals surface area contributed by atoms with Crippen LogP contribution in [0.5, 0.6) is 0 Å². The Balaban J connectivity index is 2.38. The summed E-state index contributed by atoms with van der Waals surface area (Å²) in [6, 6.07) is 6.45. The molecular weight excluding hydrogens is 256 g/mol. The Bertz CT molecular complexity index is 438. The second kappa shape index (κ2) is 7.48. The normalized spacial score (nSPS) is 11.7. The molecule has 1 aromatic carbocycles. The summed E-state index contributed by atoms with van der Waals surface area (Å²) in [5, 5.41) is 0. The van der Waals surface area contributed by atoms with Crippen LogP contribution in [0.4, 0.5) is 0 Å². The zero-order valence-corrected chi connectivity index (χ0v) is 11.4. The predicted molar refractivity (Wildman–Crippen MR) is 66.8 cm³/mol. The van der Waals surface area contributed by atoms with Crippen LogP contribution in [0.3, 0.4) is 0 Å². The van der Waals surface area contributed by atoms with Gasteiger partial charge in [0.05, 0.1) is 11.5 Å². The molecule has 0 N–H and O–H groups in total. The summed E-state index contributed by atoms with van der Waals surface area (Å²) in [7, 11) is -2.13. The van der Waals surface area contributed by atoms with E-state index >= 15 is 0 Å². The molecule has 102 valence electrons. The molecule has 0 aliphatic carbocycles. The van der Waals surface area contributed by atoms with Crippen molar-refractivity contribution < 1.29 is 22.1 Å². The molecule has 1 rings (SSSR count). The summed E-state index contributed by atoms with van der Waals surface area (Å²) in [6.07, 6.45) is 0.699. The summed E-state index contributed by atoms with van der Waals surface area (Å²) >= 11 is 0. The lowest BCUT2D eigenvalue weighted by molar-refractivity contribution is 0.0109. The summed E-state index contributed by atoms with van der Waals surface area (Å²) in [5.74, 6) is 0. The van der Waals surface area contributed by atoms with Crippen molar-refractivity contribution in [3.63, 3.8) is 0 Å². The van der Waals surface area contributed by atoms with Crippen molar-refractivity contribution in [3.8, 4) is 0 Å². The van der Waals surface area contributed by atoms with E-state index in [4.69, 9.17) is 13.7 Å². The van der Waals surface area contributed by atoms with Crippen LogP contribution in [0.2, 0.25) is 0 Å². The van der Waals surface area contributed by atoms with E-state index in [9.17, 15) is 8.42 Å². The van der Waals surface area contributed by atoms with Gasteiger partial charge in [0.2, 0.25) is 0 Å². The molecule has 0 amide bonds. The molecule has 0 fully saturated rings. The highest BCUT2D eigenvalue weighted by Gasteiger charge is 2.14. The van der Waals surface area contributed by atoms with Crippen LogP contribution in [0.15, 0.2) is 29.2 Å². The molecule has 1 aromatic rings. The third-order valence-electron chi connectivity index (χ3n) is 2.23. The third-order valence-corrected chi connectivity index (χ3v) is 3.49.